The van der Waals surface area contributed by atoms with Crippen molar-refractivity contribution in [3.05, 3.63) is 46.2 Å². The van der Waals surface area contributed by atoms with Gasteiger partial charge < -0.3 is 14.2 Å². The number of ether oxygens (including phenoxy) is 3. The summed E-state index contributed by atoms with van der Waals surface area (Å²) < 4.78 is 14.8. The summed E-state index contributed by atoms with van der Waals surface area (Å²) in [6.45, 7) is 1.71. The molecule has 2 heterocycles. The highest BCUT2D eigenvalue weighted by Gasteiger charge is 2.31. The fraction of sp³-hybridized carbons (Fsp3) is 0.188. The van der Waals surface area contributed by atoms with E-state index in [0.29, 0.717) is 21.8 Å². The minimum atomic E-state index is -0.865. The van der Waals surface area contributed by atoms with Crippen LogP contribution < -0.4 is 4.74 Å². The van der Waals surface area contributed by atoms with Crippen LogP contribution in [-0.4, -0.2) is 24.2 Å². The molecule has 0 aliphatic carbocycles. The second-order valence-electron chi connectivity index (χ2n) is 4.87. The second kappa shape index (κ2) is 5.89. The Morgan fingerprint density at radius 3 is 2.65 bits per heavy atom. The summed E-state index contributed by atoms with van der Waals surface area (Å²) >= 11 is 5.92. The summed E-state index contributed by atoms with van der Waals surface area (Å²) in [7, 11) is 1.22. The van der Waals surface area contributed by atoms with E-state index in [2.05, 4.69) is 9.72 Å². The Morgan fingerprint density at radius 2 is 2.00 bits per heavy atom. The third-order valence-electron chi connectivity index (χ3n) is 3.45. The number of cyclic esters (lactones) is 1. The zero-order chi connectivity index (χ0) is 16.6. The molecule has 6 nitrogen and oxygen atoms in total. The van der Waals surface area contributed by atoms with Crippen molar-refractivity contribution in [1.29, 1.82) is 0 Å². The van der Waals surface area contributed by atoms with Crippen molar-refractivity contribution in [3.63, 3.8) is 0 Å². The van der Waals surface area contributed by atoms with E-state index in [-0.39, 0.29) is 18.1 Å². The van der Waals surface area contributed by atoms with E-state index in [1.165, 1.54) is 7.11 Å². The average molecular weight is 334 g/mol. The zero-order valence-electron chi connectivity index (χ0n) is 12.4. The van der Waals surface area contributed by atoms with Gasteiger partial charge in [-0.05, 0) is 24.6 Å². The van der Waals surface area contributed by atoms with Crippen LogP contribution in [0.3, 0.4) is 0 Å². The third-order valence-corrected chi connectivity index (χ3v) is 3.70. The van der Waals surface area contributed by atoms with E-state index >= 15 is 0 Å². The first-order valence-electron chi connectivity index (χ1n) is 6.73. The number of esters is 1. The highest BCUT2D eigenvalue weighted by molar-refractivity contribution is 6.30. The van der Waals surface area contributed by atoms with Crippen molar-refractivity contribution in [3.8, 4) is 16.9 Å². The third kappa shape index (κ3) is 2.73. The van der Waals surface area contributed by atoms with Crippen LogP contribution in [0.5, 0.6) is 5.75 Å². The number of halogens is 1. The summed E-state index contributed by atoms with van der Waals surface area (Å²) in [5.41, 5.74) is 2.48. The van der Waals surface area contributed by atoms with E-state index in [1.807, 2.05) is 0 Å². The normalized spacial score (nSPS) is 12.6. The Kier molecular flexibility index (Phi) is 3.92. The number of rotatable bonds is 2. The van der Waals surface area contributed by atoms with Crippen molar-refractivity contribution in [2.45, 2.75) is 13.5 Å². The lowest BCUT2D eigenvalue weighted by Crippen LogP contribution is -2.12. The molecule has 0 atom stereocenters. The van der Waals surface area contributed by atoms with Gasteiger partial charge in [-0.2, -0.15) is 0 Å². The molecule has 0 saturated carbocycles. The fourth-order valence-electron chi connectivity index (χ4n) is 2.41. The van der Waals surface area contributed by atoms with Crippen LogP contribution >= 0.6 is 11.6 Å². The molecule has 1 aliphatic heterocycles. The molecule has 0 unspecified atom stereocenters. The molecule has 0 bridgehead atoms. The van der Waals surface area contributed by atoms with E-state index in [4.69, 9.17) is 21.1 Å². The molecule has 3 rings (SSSR count). The molecular weight excluding hydrogens is 322 g/mol. The molecular formula is C16H12ClNO5. The monoisotopic (exact) mass is 333 g/mol. The standard InChI is InChI=1S/C16H12ClNO5/c1-8-14(23-16(20)21-2)12(9-3-5-10(17)6-4-9)11-7-22-15(19)13(11)18-8/h3-6H,7H2,1-2H3. The number of aryl methyl sites for hydroxylation is 1. The molecule has 0 amide bonds. The van der Waals surface area contributed by atoms with Gasteiger partial charge in [0.15, 0.2) is 11.4 Å². The number of fused-ring (bicyclic) bond motifs is 1. The van der Waals surface area contributed by atoms with E-state index in [1.54, 1.807) is 31.2 Å². The van der Waals surface area contributed by atoms with Gasteiger partial charge in [0.2, 0.25) is 0 Å². The number of methoxy groups -OCH3 is 1. The second-order valence-corrected chi connectivity index (χ2v) is 5.30. The minimum Gasteiger partial charge on any atom is -0.456 e. The molecule has 1 aliphatic rings. The summed E-state index contributed by atoms with van der Waals surface area (Å²) in [5.74, 6) is -0.265. The Hall–Kier alpha value is -2.60. The van der Waals surface area contributed by atoms with Crippen LogP contribution in [0.4, 0.5) is 4.79 Å². The van der Waals surface area contributed by atoms with Crippen molar-refractivity contribution >= 4 is 23.7 Å². The smallest absolute Gasteiger partial charge is 0.456 e. The van der Waals surface area contributed by atoms with Crippen molar-refractivity contribution in [2.75, 3.05) is 7.11 Å². The number of carbonyl (C=O) groups is 2. The van der Waals surface area contributed by atoms with Crippen molar-refractivity contribution < 1.29 is 23.8 Å². The predicted molar refractivity (Wildman–Crippen MR) is 81.6 cm³/mol. The lowest BCUT2D eigenvalue weighted by molar-refractivity contribution is 0.0531. The summed E-state index contributed by atoms with van der Waals surface area (Å²) in [5, 5.41) is 0.568. The average Bonchev–Trinajstić information content (AvgIpc) is 2.90. The Bertz CT molecular complexity index is 801. The molecule has 0 radical (unpaired) electrons. The van der Waals surface area contributed by atoms with Gasteiger partial charge in [-0.1, -0.05) is 23.7 Å². The molecule has 23 heavy (non-hydrogen) atoms. The summed E-state index contributed by atoms with van der Waals surface area (Å²) in [4.78, 5) is 27.5. The number of benzene rings is 1. The molecule has 0 N–H and O–H groups in total. The predicted octanol–water partition coefficient (Wildman–Crippen LogP) is 3.53. The van der Waals surface area contributed by atoms with Crippen LogP contribution in [0.2, 0.25) is 5.02 Å². The zero-order valence-corrected chi connectivity index (χ0v) is 13.1. The maximum Gasteiger partial charge on any atom is 0.513 e. The van der Waals surface area contributed by atoms with Gasteiger partial charge >= 0.3 is 12.1 Å². The molecule has 118 valence electrons. The van der Waals surface area contributed by atoms with Gasteiger partial charge in [0.25, 0.3) is 0 Å². The van der Waals surface area contributed by atoms with E-state index in [0.717, 1.165) is 5.56 Å². The van der Waals surface area contributed by atoms with E-state index in [9.17, 15) is 9.59 Å². The molecule has 0 spiro atoms. The number of aromatic nitrogens is 1. The summed E-state index contributed by atoms with van der Waals surface area (Å²) in [6, 6.07) is 6.95. The number of nitrogens with zero attached hydrogens (tertiary/aromatic N) is 1. The lowest BCUT2D eigenvalue weighted by atomic mass is 9.98. The Labute approximate surface area is 136 Å². The van der Waals surface area contributed by atoms with Gasteiger partial charge in [-0.3, -0.25) is 0 Å². The van der Waals surface area contributed by atoms with Crippen molar-refractivity contribution in [2.24, 2.45) is 0 Å². The molecule has 1 aromatic heterocycles. The first kappa shape index (κ1) is 15.3. The highest BCUT2D eigenvalue weighted by Crippen LogP contribution is 2.40. The van der Waals surface area contributed by atoms with Gasteiger partial charge in [-0.25, -0.2) is 14.6 Å². The molecule has 2 aromatic rings. The highest BCUT2D eigenvalue weighted by atomic mass is 35.5. The topological polar surface area (TPSA) is 74.7 Å². The molecule has 0 saturated heterocycles. The van der Waals surface area contributed by atoms with Crippen LogP contribution in [-0.2, 0) is 16.1 Å². The quantitative estimate of drug-likeness (QED) is 0.783. The van der Waals surface area contributed by atoms with E-state index < -0.39 is 12.1 Å². The van der Waals surface area contributed by atoms with Crippen LogP contribution in [0.15, 0.2) is 24.3 Å². The van der Waals surface area contributed by atoms with Gasteiger partial charge in [0, 0.05) is 16.1 Å². The summed E-state index contributed by atoms with van der Waals surface area (Å²) in [6.07, 6.45) is -0.865. The van der Waals surface area contributed by atoms with Crippen molar-refractivity contribution in [1.82, 2.24) is 4.98 Å². The van der Waals surface area contributed by atoms with Gasteiger partial charge in [0.1, 0.15) is 6.61 Å². The van der Waals surface area contributed by atoms with Crippen LogP contribution in [0.25, 0.3) is 11.1 Å². The molecule has 7 heteroatoms. The number of carbonyl (C=O) groups excluding carboxylic acids is 2. The lowest BCUT2D eigenvalue weighted by Gasteiger charge is -2.14. The fourth-order valence-corrected chi connectivity index (χ4v) is 2.54. The first-order chi connectivity index (χ1) is 11.0. The molecule has 0 fully saturated rings. The van der Waals surface area contributed by atoms with Gasteiger partial charge in [-0.15, -0.1) is 0 Å². The maximum atomic E-state index is 11.8. The Morgan fingerprint density at radius 1 is 1.30 bits per heavy atom. The first-order valence-corrected chi connectivity index (χ1v) is 7.11. The van der Waals surface area contributed by atoms with Gasteiger partial charge in [0.05, 0.1) is 12.8 Å². The molecule has 1 aromatic carbocycles. The number of hydrogen-bond donors (Lipinski definition) is 0. The maximum absolute atomic E-state index is 11.8. The Balaban J connectivity index is 2.25. The number of hydrogen-bond acceptors (Lipinski definition) is 6. The SMILES string of the molecule is COC(=O)Oc1c(C)nc2c(c1-c1ccc(Cl)cc1)COC2=O. The number of pyridine rings is 1. The van der Waals surface area contributed by atoms with Crippen LogP contribution in [0.1, 0.15) is 21.7 Å². The van der Waals surface area contributed by atoms with Crippen LogP contribution in [0, 0.1) is 6.92 Å². The largest absolute Gasteiger partial charge is 0.513 e. The minimum absolute atomic E-state index is 0.0664.